The summed E-state index contributed by atoms with van der Waals surface area (Å²) in [6, 6.07) is 0. The maximum Gasteiger partial charge on any atom is 0.0573 e. The normalized spacial score (nSPS) is 27.6. The fourth-order valence-electron chi connectivity index (χ4n) is 2.62. The molecule has 2 nitrogen and oxygen atoms in total. The van der Waals surface area contributed by atoms with Gasteiger partial charge in [-0.2, -0.15) is 0 Å². The van der Waals surface area contributed by atoms with Gasteiger partial charge in [0, 0.05) is 13.2 Å². The van der Waals surface area contributed by atoms with E-state index in [9.17, 15) is 0 Å². The number of ether oxygens (including phenoxy) is 2. The van der Waals surface area contributed by atoms with E-state index in [0.717, 1.165) is 19.1 Å². The Balaban J connectivity index is 0.000000286. The van der Waals surface area contributed by atoms with Crippen molar-refractivity contribution in [3.8, 4) is 0 Å². The van der Waals surface area contributed by atoms with Gasteiger partial charge in [0.15, 0.2) is 0 Å². The Bertz CT molecular complexity index is 202. The van der Waals surface area contributed by atoms with Crippen LogP contribution < -0.4 is 0 Å². The van der Waals surface area contributed by atoms with Crippen molar-refractivity contribution in [1.29, 1.82) is 0 Å². The Labute approximate surface area is 134 Å². The van der Waals surface area contributed by atoms with E-state index in [1.807, 2.05) is 0 Å². The highest BCUT2D eigenvalue weighted by molar-refractivity contribution is 4.69. The molecule has 3 rings (SSSR count). The summed E-state index contributed by atoms with van der Waals surface area (Å²) in [6.45, 7) is 8.63. The molecule has 128 valence electrons. The van der Waals surface area contributed by atoms with Crippen molar-refractivity contribution in [1.82, 2.24) is 0 Å². The number of hydrogen-bond acceptors (Lipinski definition) is 2. The minimum absolute atomic E-state index is 0. The van der Waals surface area contributed by atoms with Gasteiger partial charge in [-0.1, -0.05) is 47.5 Å². The largest absolute Gasteiger partial charge is 0.378 e. The van der Waals surface area contributed by atoms with Crippen molar-refractivity contribution in [2.24, 2.45) is 5.92 Å². The molecule has 0 amide bonds. The molecular weight excluding hydrogens is 260 g/mol. The standard InChI is InChI=1S/C7H14O.C6H12O.C5H10.CH4/c1-2-7-5-3-4-6-8-7;1-2-6-4-3-5-7-6;1-2-5-3-4-5;/h7H,2-6H2,1H3;6H,2-5H2,1H3;5H,2-4H2,1H3;1H4. The molecule has 3 aliphatic rings. The molecule has 0 N–H and O–H groups in total. The lowest BCUT2D eigenvalue weighted by molar-refractivity contribution is 0.0143. The molecule has 0 aromatic heterocycles. The van der Waals surface area contributed by atoms with E-state index >= 15 is 0 Å². The monoisotopic (exact) mass is 300 g/mol. The van der Waals surface area contributed by atoms with Crippen LogP contribution in [0.15, 0.2) is 0 Å². The van der Waals surface area contributed by atoms with Crippen LogP contribution in [0.4, 0.5) is 0 Å². The van der Waals surface area contributed by atoms with Crippen molar-refractivity contribution < 1.29 is 9.47 Å². The topological polar surface area (TPSA) is 18.5 Å². The van der Waals surface area contributed by atoms with Gasteiger partial charge in [-0.15, -0.1) is 0 Å². The predicted octanol–water partition coefficient (Wildman–Crippen LogP) is 5.98. The third-order valence-corrected chi connectivity index (χ3v) is 4.48. The van der Waals surface area contributed by atoms with Crippen molar-refractivity contribution >= 4 is 0 Å². The summed E-state index contributed by atoms with van der Waals surface area (Å²) in [5, 5.41) is 0. The van der Waals surface area contributed by atoms with Crippen LogP contribution in [0.5, 0.6) is 0 Å². The second kappa shape index (κ2) is 13.6. The fraction of sp³-hybridized carbons (Fsp3) is 1.00. The summed E-state index contributed by atoms with van der Waals surface area (Å²) in [5.74, 6) is 1.13. The zero-order valence-corrected chi connectivity index (χ0v) is 14.0. The number of rotatable bonds is 3. The van der Waals surface area contributed by atoms with Crippen LogP contribution in [-0.2, 0) is 9.47 Å². The molecule has 1 aliphatic carbocycles. The molecule has 2 atom stereocenters. The molecule has 2 aliphatic heterocycles. The Hall–Kier alpha value is -0.0800. The van der Waals surface area contributed by atoms with Crippen LogP contribution in [0.2, 0.25) is 0 Å². The van der Waals surface area contributed by atoms with Gasteiger partial charge in [-0.25, -0.2) is 0 Å². The Morgan fingerprint density at radius 3 is 1.38 bits per heavy atom. The Kier molecular flexibility index (Phi) is 13.5. The maximum absolute atomic E-state index is 5.43. The SMILES string of the molecule is C.CCC1CC1.CCC1CCCCO1.CCC1CCCO1. The molecule has 0 radical (unpaired) electrons. The lowest BCUT2D eigenvalue weighted by Gasteiger charge is -2.20. The minimum Gasteiger partial charge on any atom is -0.378 e. The Morgan fingerprint density at radius 1 is 0.667 bits per heavy atom. The molecular formula is C19H40O2. The van der Waals surface area contributed by atoms with E-state index in [1.54, 1.807) is 0 Å². The average molecular weight is 301 g/mol. The highest BCUT2D eigenvalue weighted by Crippen LogP contribution is 2.31. The summed E-state index contributed by atoms with van der Waals surface area (Å²) < 4.78 is 10.7. The lowest BCUT2D eigenvalue weighted by Crippen LogP contribution is -2.17. The molecule has 1 saturated carbocycles. The highest BCUT2D eigenvalue weighted by atomic mass is 16.5. The van der Waals surface area contributed by atoms with E-state index < -0.39 is 0 Å². The van der Waals surface area contributed by atoms with E-state index in [2.05, 4.69) is 20.8 Å². The summed E-state index contributed by atoms with van der Waals surface area (Å²) >= 11 is 0. The van der Waals surface area contributed by atoms with Crippen molar-refractivity contribution in [3.63, 3.8) is 0 Å². The molecule has 2 saturated heterocycles. The highest BCUT2D eigenvalue weighted by Gasteiger charge is 2.17. The van der Waals surface area contributed by atoms with Gasteiger partial charge in [0.2, 0.25) is 0 Å². The van der Waals surface area contributed by atoms with Crippen molar-refractivity contribution in [3.05, 3.63) is 0 Å². The molecule has 0 bridgehead atoms. The van der Waals surface area contributed by atoms with Gasteiger partial charge in [-0.05, 0) is 50.9 Å². The predicted molar refractivity (Wildman–Crippen MR) is 92.9 cm³/mol. The molecule has 0 aromatic rings. The van der Waals surface area contributed by atoms with E-state index in [4.69, 9.17) is 9.47 Å². The molecule has 21 heavy (non-hydrogen) atoms. The molecule has 2 heteroatoms. The first-order chi connectivity index (χ1) is 9.80. The van der Waals surface area contributed by atoms with Crippen molar-refractivity contribution in [2.75, 3.05) is 13.2 Å². The molecule has 0 aromatic carbocycles. The van der Waals surface area contributed by atoms with Crippen LogP contribution in [0.1, 0.15) is 92.4 Å². The van der Waals surface area contributed by atoms with Gasteiger partial charge in [0.1, 0.15) is 0 Å². The average Bonchev–Trinajstić information content (AvgIpc) is 3.23. The Morgan fingerprint density at radius 2 is 1.19 bits per heavy atom. The first-order valence-corrected chi connectivity index (χ1v) is 9.03. The first-order valence-electron chi connectivity index (χ1n) is 9.03. The van der Waals surface area contributed by atoms with Crippen molar-refractivity contribution in [2.45, 2.75) is 105 Å². The van der Waals surface area contributed by atoms with Crippen LogP contribution in [0, 0.1) is 5.92 Å². The van der Waals surface area contributed by atoms with E-state index in [-0.39, 0.29) is 7.43 Å². The summed E-state index contributed by atoms with van der Waals surface area (Å²) in [5.41, 5.74) is 0. The minimum atomic E-state index is 0. The number of hydrogen-bond donors (Lipinski definition) is 0. The third kappa shape index (κ3) is 11.2. The van der Waals surface area contributed by atoms with Crippen LogP contribution in [0.25, 0.3) is 0 Å². The molecule has 2 unspecified atom stereocenters. The maximum atomic E-state index is 5.43. The van der Waals surface area contributed by atoms with E-state index in [1.165, 1.54) is 64.2 Å². The van der Waals surface area contributed by atoms with Gasteiger partial charge in [0.25, 0.3) is 0 Å². The van der Waals surface area contributed by atoms with Gasteiger partial charge in [0.05, 0.1) is 12.2 Å². The van der Waals surface area contributed by atoms with E-state index in [0.29, 0.717) is 12.2 Å². The zero-order chi connectivity index (χ0) is 14.6. The fourth-order valence-corrected chi connectivity index (χ4v) is 2.62. The second-order valence-corrected chi connectivity index (χ2v) is 6.29. The molecule has 3 fully saturated rings. The summed E-state index contributed by atoms with van der Waals surface area (Å²) in [6.07, 6.45) is 14.5. The summed E-state index contributed by atoms with van der Waals surface area (Å²) in [4.78, 5) is 0. The quantitative estimate of drug-likeness (QED) is 0.638. The van der Waals surface area contributed by atoms with Crippen LogP contribution >= 0.6 is 0 Å². The first kappa shape index (κ1) is 20.9. The van der Waals surface area contributed by atoms with Crippen LogP contribution in [0.3, 0.4) is 0 Å². The van der Waals surface area contributed by atoms with Gasteiger partial charge >= 0.3 is 0 Å². The lowest BCUT2D eigenvalue weighted by atomic mass is 10.1. The van der Waals surface area contributed by atoms with Crippen LogP contribution in [-0.4, -0.2) is 25.4 Å². The molecule has 2 heterocycles. The summed E-state index contributed by atoms with van der Waals surface area (Å²) in [7, 11) is 0. The second-order valence-electron chi connectivity index (χ2n) is 6.29. The van der Waals surface area contributed by atoms with Gasteiger partial charge < -0.3 is 9.47 Å². The zero-order valence-electron chi connectivity index (χ0n) is 14.0. The van der Waals surface area contributed by atoms with Gasteiger partial charge in [-0.3, -0.25) is 0 Å². The molecule has 0 spiro atoms. The smallest absolute Gasteiger partial charge is 0.0573 e. The third-order valence-electron chi connectivity index (χ3n) is 4.48.